The molecule has 7 heteroatoms. The molecule has 2 aliphatic heterocycles. The molecule has 1 aliphatic carbocycles. The summed E-state index contributed by atoms with van der Waals surface area (Å²) in [6.45, 7) is 15.8. The third-order valence-electron chi connectivity index (χ3n) is 12.4. The maximum absolute atomic E-state index is 13.7. The number of ether oxygens (including phenoxy) is 2. The first-order chi connectivity index (χ1) is 23.7. The van der Waals surface area contributed by atoms with Crippen LogP contribution in [0.4, 0.5) is 0 Å². The lowest BCUT2D eigenvalue weighted by Gasteiger charge is -2.49. The van der Waals surface area contributed by atoms with Gasteiger partial charge in [-0.3, -0.25) is 0 Å². The van der Waals surface area contributed by atoms with Crippen LogP contribution >= 0.6 is 0 Å². The number of benzene rings is 3. The molecule has 0 radical (unpaired) electrons. The Morgan fingerprint density at radius 1 is 0.880 bits per heavy atom. The van der Waals surface area contributed by atoms with Crippen molar-refractivity contribution >= 4 is 24.7 Å². The minimum atomic E-state index is -2.80. The molecule has 3 fully saturated rings. The zero-order chi connectivity index (χ0) is 35.9. The van der Waals surface area contributed by atoms with Gasteiger partial charge < -0.3 is 24.1 Å². The number of fused-ring (bicyclic) bond motifs is 5. The molecule has 2 N–H and O–H groups in total. The molecule has 3 aromatic rings. The van der Waals surface area contributed by atoms with E-state index in [9.17, 15) is 15.0 Å². The SMILES string of the molecule is CC(C)[C@H]1CC[C@@H](CO[Si](c2ccccc2)(c2ccccc2)C(C)(C)C)[C@H]2[C@@H]1[C@H]1O[C@@H]2C[C@](C)(O)[C@H](O)CC[C@@]1(C)OC(=O)c1ccccc1. The Morgan fingerprint density at radius 3 is 1.98 bits per heavy atom. The Hall–Kier alpha value is -2.81. The normalized spacial score (nSPS) is 33.2. The number of hydrogen-bond donors (Lipinski definition) is 2. The van der Waals surface area contributed by atoms with Crippen molar-refractivity contribution in [3.8, 4) is 0 Å². The fourth-order valence-corrected chi connectivity index (χ4v) is 14.4. The molecule has 6 rings (SSSR count). The van der Waals surface area contributed by atoms with Gasteiger partial charge in [-0.15, -0.1) is 0 Å². The molecule has 50 heavy (non-hydrogen) atoms. The molecule has 270 valence electrons. The Balaban J connectivity index is 1.41. The first-order valence-corrected chi connectivity index (χ1v) is 20.7. The van der Waals surface area contributed by atoms with Crippen molar-refractivity contribution in [3.63, 3.8) is 0 Å². The van der Waals surface area contributed by atoms with E-state index in [1.165, 1.54) is 10.4 Å². The molecule has 3 aromatic carbocycles. The molecule has 9 atom stereocenters. The maximum atomic E-state index is 13.7. The standard InChI is InChI=1S/C43H58O6Si/c1-29(2)34-24-23-31(28-47-50(41(3,4)5,32-19-13-9-14-20-32)33-21-15-10-16-22-33)37-35-27-42(6,46)36(44)25-26-43(7,39(48-35)38(34)37)49-40(45)30-17-11-8-12-18-30/h8-22,29,31,34-39,44,46H,23-28H2,1-7H3/t31-,34+,35+,36+,37+,38+,39+,42-,43+/m0/s1. The molecule has 6 nitrogen and oxygen atoms in total. The second kappa shape index (κ2) is 14.3. The number of esters is 1. The summed E-state index contributed by atoms with van der Waals surface area (Å²) in [4.78, 5) is 13.7. The van der Waals surface area contributed by atoms with E-state index in [1.807, 2.05) is 25.1 Å². The highest BCUT2D eigenvalue weighted by Gasteiger charge is 2.62. The summed E-state index contributed by atoms with van der Waals surface area (Å²) in [5.41, 5.74) is -1.86. The van der Waals surface area contributed by atoms with Crippen molar-refractivity contribution in [1.29, 1.82) is 0 Å². The van der Waals surface area contributed by atoms with Crippen LogP contribution in [0.1, 0.15) is 90.9 Å². The highest BCUT2D eigenvalue weighted by Crippen LogP contribution is 2.57. The summed E-state index contributed by atoms with van der Waals surface area (Å²) in [6.07, 6.45) is 1.35. The minimum absolute atomic E-state index is 0.0610. The number of aliphatic hydroxyl groups excluding tert-OH is 1. The number of carbonyl (C=O) groups excluding carboxylic acids is 1. The van der Waals surface area contributed by atoms with Crippen LogP contribution in [0, 0.1) is 29.6 Å². The number of carbonyl (C=O) groups is 1. The summed E-state index contributed by atoms with van der Waals surface area (Å²) in [6, 6.07) is 30.7. The van der Waals surface area contributed by atoms with Crippen molar-refractivity contribution in [3.05, 3.63) is 96.6 Å². The van der Waals surface area contributed by atoms with Crippen LogP contribution in [0.3, 0.4) is 0 Å². The third kappa shape index (κ3) is 6.89. The van der Waals surface area contributed by atoms with Crippen molar-refractivity contribution in [1.82, 2.24) is 0 Å². The van der Waals surface area contributed by atoms with E-state index in [2.05, 4.69) is 95.3 Å². The van der Waals surface area contributed by atoms with Gasteiger partial charge >= 0.3 is 5.97 Å². The van der Waals surface area contributed by atoms with Crippen LogP contribution in [0.2, 0.25) is 5.04 Å². The number of hydrogen-bond acceptors (Lipinski definition) is 6. The molecule has 0 aromatic heterocycles. The van der Waals surface area contributed by atoms with Crippen LogP contribution < -0.4 is 10.4 Å². The van der Waals surface area contributed by atoms with Crippen LogP contribution in [0.25, 0.3) is 0 Å². The Morgan fingerprint density at radius 2 is 1.44 bits per heavy atom. The molecule has 0 unspecified atom stereocenters. The molecule has 1 saturated carbocycles. The third-order valence-corrected chi connectivity index (χ3v) is 17.4. The molecular formula is C43H58O6Si. The zero-order valence-corrected chi connectivity index (χ0v) is 32.0. The van der Waals surface area contributed by atoms with E-state index in [-0.39, 0.29) is 41.0 Å². The second-order valence-electron chi connectivity index (χ2n) is 17.2. The quantitative estimate of drug-likeness (QED) is 0.192. The van der Waals surface area contributed by atoms with E-state index >= 15 is 0 Å². The lowest BCUT2D eigenvalue weighted by Crippen LogP contribution is -2.67. The summed E-state index contributed by atoms with van der Waals surface area (Å²) in [7, 11) is -2.80. The molecule has 2 bridgehead atoms. The fraction of sp³-hybridized carbons (Fsp3) is 0.558. The summed E-state index contributed by atoms with van der Waals surface area (Å²) in [5, 5.41) is 25.5. The van der Waals surface area contributed by atoms with Gasteiger partial charge in [0.15, 0.2) is 0 Å². The summed E-state index contributed by atoms with van der Waals surface area (Å²) in [5.74, 6) is 0.679. The van der Waals surface area contributed by atoms with E-state index in [1.54, 1.807) is 19.1 Å². The van der Waals surface area contributed by atoms with Gasteiger partial charge in [-0.25, -0.2) is 4.79 Å². The lowest BCUT2D eigenvalue weighted by atomic mass is 9.58. The highest BCUT2D eigenvalue weighted by molar-refractivity contribution is 6.99. The average molecular weight is 699 g/mol. The van der Waals surface area contributed by atoms with Crippen LogP contribution in [-0.2, 0) is 13.9 Å². The van der Waals surface area contributed by atoms with Gasteiger partial charge in [0.2, 0.25) is 0 Å². The van der Waals surface area contributed by atoms with Gasteiger partial charge in [-0.2, -0.15) is 0 Å². The van der Waals surface area contributed by atoms with Crippen molar-refractivity contribution < 1.29 is 28.9 Å². The predicted octanol–water partition coefficient (Wildman–Crippen LogP) is 7.16. The zero-order valence-electron chi connectivity index (χ0n) is 31.0. The largest absolute Gasteiger partial charge is 0.453 e. The van der Waals surface area contributed by atoms with E-state index in [4.69, 9.17) is 13.9 Å². The molecule has 2 heterocycles. The Labute approximate surface area is 300 Å². The molecule has 0 amide bonds. The van der Waals surface area contributed by atoms with Crippen LogP contribution in [-0.4, -0.2) is 60.6 Å². The number of rotatable bonds is 8. The number of aliphatic hydroxyl groups is 2. The van der Waals surface area contributed by atoms with Gasteiger partial charge in [0.05, 0.1) is 23.4 Å². The molecule has 3 aliphatic rings. The van der Waals surface area contributed by atoms with E-state index in [0.717, 1.165) is 12.8 Å². The second-order valence-corrected chi connectivity index (χ2v) is 21.5. The monoisotopic (exact) mass is 698 g/mol. The van der Waals surface area contributed by atoms with Crippen molar-refractivity contribution in [2.75, 3.05) is 6.61 Å². The van der Waals surface area contributed by atoms with E-state index in [0.29, 0.717) is 43.3 Å². The van der Waals surface area contributed by atoms with Crippen molar-refractivity contribution in [2.45, 2.75) is 115 Å². The first kappa shape index (κ1) is 37.0. The molecule has 0 spiro atoms. The summed E-state index contributed by atoms with van der Waals surface area (Å²) < 4.78 is 21.2. The van der Waals surface area contributed by atoms with E-state index < -0.39 is 25.6 Å². The smallest absolute Gasteiger partial charge is 0.338 e. The molecule has 2 saturated heterocycles. The average Bonchev–Trinajstić information content (AvgIpc) is 3.48. The maximum Gasteiger partial charge on any atom is 0.338 e. The highest BCUT2D eigenvalue weighted by atomic mass is 28.4. The van der Waals surface area contributed by atoms with Gasteiger partial charge in [0.25, 0.3) is 8.32 Å². The molecular weight excluding hydrogens is 641 g/mol. The van der Waals surface area contributed by atoms with Crippen molar-refractivity contribution in [2.24, 2.45) is 29.6 Å². The van der Waals surface area contributed by atoms with Gasteiger partial charge in [0.1, 0.15) is 11.7 Å². The fourth-order valence-electron chi connectivity index (χ4n) is 9.81. The van der Waals surface area contributed by atoms with Gasteiger partial charge in [-0.05, 0) is 96.7 Å². The van der Waals surface area contributed by atoms with Crippen LogP contribution in [0.15, 0.2) is 91.0 Å². The Kier molecular flexibility index (Phi) is 10.6. The predicted molar refractivity (Wildman–Crippen MR) is 201 cm³/mol. The van der Waals surface area contributed by atoms with Gasteiger partial charge in [0, 0.05) is 13.0 Å². The first-order valence-electron chi connectivity index (χ1n) is 18.8. The van der Waals surface area contributed by atoms with Crippen LogP contribution in [0.5, 0.6) is 0 Å². The van der Waals surface area contributed by atoms with Gasteiger partial charge in [-0.1, -0.05) is 113 Å². The Bertz CT molecular complexity index is 1530. The minimum Gasteiger partial charge on any atom is -0.453 e. The lowest BCUT2D eigenvalue weighted by molar-refractivity contribution is -0.126. The summed E-state index contributed by atoms with van der Waals surface area (Å²) >= 11 is 0. The topological polar surface area (TPSA) is 85.2 Å².